The van der Waals surface area contributed by atoms with Gasteiger partial charge >= 0.3 is 113 Å². The normalized spacial score (nSPS) is 11.4. The molecule has 0 spiro atoms. The van der Waals surface area contributed by atoms with Crippen molar-refractivity contribution in [3.05, 3.63) is 85.9 Å². The van der Waals surface area contributed by atoms with Gasteiger partial charge in [0.2, 0.25) is 0 Å². The second kappa shape index (κ2) is 11.6. The maximum atomic E-state index is 12.6. The van der Waals surface area contributed by atoms with Crippen LogP contribution in [-0.4, -0.2) is 10.5 Å². The van der Waals surface area contributed by atoms with Crippen molar-refractivity contribution in [2.24, 2.45) is 7.05 Å². The number of alkyl halides is 3. The van der Waals surface area contributed by atoms with E-state index in [-0.39, 0.29) is 0 Å². The van der Waals surface area contributed by atoms with Crippen molar-refractivity contribution in [3.63, 3.8) is 0 Å². The van der Waals surface area contributed by atoms with Crippen molar-refractivity contribution in [1.82, 2.24) is 10.5 Å². The van der Waals surface area contributed by atoms with Crippen molar-refractivity contribution in [1.29, 1.82) is 0 Å². The zero-order valence-electron chi connectivity index (χ0n) is 15.1. The van der Waals surface area contributed by atoms with Crippen LogP contribution in [0.3, 0.4) is 0 Å². The minimum atomic E-state index is -4.29. The van der Waals surface area contributed by atoms with E-state index in [9.17, 15) is 13.2 Å². The number of rotatable bonds is 4. The molecule has 0 N–H and O–H groups in total. The number of hydrogen-bond donors (Lipinski definition) is 0. The molecule has 0 radical (unpaired) electrons. The molecule has 0 aliphatic carbocycles. The molecule has 3 nitrogen and oxygen atoms in total. The zero-order chi connectivity index (χ0) is 21.6. The van der Waals surface area contributed by atoms with Crippen LogP contribution in [0.2, 0.25) is 0 Å². The number of aryl methyl sites for hydroxylation is 1. The molecule has 2 aromatic carbocycles. The standard InChI is InChI=1S/C12H11F3N2.C7H6BrI2N.Pt/c1-16-5-6-17(9-16)8-10-3-2-4-11(7-10)12(13,14)15;8-7-3-1-6(2-4-7)5-11(9)10;/h2-7H,8H2,1H3;1-4H,5H2;. The average Bonchev–Trinajstić information content (AvgIpc) is 2.95. The van der Waals surface area contributed by atoms with Gasteiger partial charge in [-0.05, 0) is 17.7 Å². The molecule has 0 bridgehead atoms. The first kappa shape index (κ1) is 25.3. The summed E-state index contributed by atoms with van der Waals surface area (Å²) in [6, 6.07) is 13.8. The summed E-state index contributed by atoms with van der Waals surface area (Å²) >= 11 is 10.1. The molecular formula is C19H17BrF3I2N3Pt. The van der Waals surface area contributed by atoms with Crippen LogP contribution < -0.4 is 0 Å². The Hall–Kier alpha value is 0.0283. The van der Waals surface area contributed by atoms with Gasteiger partial charge in [0.05, 0.1) is 0 Å². The quantitative estimate of drug-likeness (QED) is 0.205. The third kappa shape index (κ3) is 8.59. The van der Waals surface area contributed by atoms with Crippen molar-refractivity contribution < 1.29 is 32.5 Å². The third-order valence-corrected chi connectivity index (χ3v) is 6.45. The van der Waals surface area contributed by atoms with Crippen molar-refractivity contribution in [2.45, 2.75) is 19.3 Å². The molecule has 0 unspecified atom stereocenters. The second-order valence-electron chi connectivity index (χ2n) is 6.06. The molecule has 10 heteroatoms. The summed E-state index contributed by atoms with van der Waals surface area (Å²) in [7, 11) is 1.89. The first-order valence-electron chi connectivity index (χ1n) is 8.23. The van der Waals surface area contributed by atoms with Crippen LogP contribution in [0.15, 0.2) is 65.4 Å². The number of aromatic nitrogens is 2. The molecule has 0 saturated heterocycles. The Morgan fingerprint density at radius 2 is 1.69 bits per heavy atom. The van der Waals surface area contributed by atoms with Crippen LogP contribution in [-0.2, 0) is 45.7 Å². The Morgan fingerprint density at radius 3 is 2.21 bits per heavy atom. The van der Waals surface area contributed by atoms with Crippen LogP contribution in [0.25, 0.3) is 0 Å². The van der Waals surface area contributed by atoms with Crippen molar-refractivity contribution in [3.8, 4) is 0 Å². The summed E-state index contributed by atoms with van der Waals surface area (Å²) in [5.74, 6) is 0. The van der Waals surface area contributed by atoms with Gasteiger partial charge in [-0.15, -0.1) is 0 Å². The van der Waals surface area contributed by atoms with Crippen LogP contribution in [0.4, 0.5) is 13.2 Å². The van der Waals surface area contributed by atoms with Crippen LogP contribution in [0.1, 0.15) is 16.7 Å². The molecule has 0 fully saturated rings. The number of halogens is 6. The van der Waals surface area contributed by atoms with E-state index in [0.29, 0.717) is 12.1 Å². The molecule has 3 rings (SSSR count). The van der Waals surface area contributed by atoms with Gasteiger partial charge in [0, 0.05) is 56.7 Å². The fraction of sp³-hybridized carbons (Fsp3) is 0.211. The molecule has 0 amide bonds. The van der Waals surface area contributed by atoms with Gasteiger partial charge in [0.1, 0.15) is 0 Å². The molecule has 1 heterocycles. The van der Waals surface area contributed by atoms with Crippen molar-refractivity contribution >= 4 is 61.7 Å². The van der Waals surface area contributed by atoms with E-state index in [1.165, 1.54) is 17.7 Å². The fourth-order valence-corrected chi connectivity index (χ4v) is 3.95. The van der Waals surface area contributed by atoms with Gasteiger partial charge in [-0.25, -0.2) is 0 Å². The second-order valence-corrected chi connectivity index (χ2v) is 12.2. The molecule has 3 aromatic rings. The minimum absolute atomic E-state index is 0.434. The summed E-state index contributed by atoms with van der Waals surface area (Å²) in [5.41, 5.74) is 1.36. The van der Waals surface area contributed by atoms with Gasteiger partial charge in [-0.1, -0.05) is 28.1 Å². The first-order valence-corrected chi connectivity index (χ1v) is 12.1. The van der Waals surface area contributed by atoms with E-state index in [1.54, 1.807) is 6.07 Å². The van der Waals surface area contributed by atoms with E-state index in [1.807, 2.05) is 28.6 Å². The van der Waals surface area contributed by atoms with E-state index in [2.05, 4.69) is 107 Å². The van der Waals surface area contributed by atoms with Crippen LogP contribution in [0, 0.1) is 3.80 Å². The van der Waals surface area contributed by atoms with Gasteiger partial charge < -0.3 is 0 Å². The third-order valence-electron chi connectivity index (χ3n) is 3.78. The van der Waals surface area contributed by atoms with Crippen molar-refractivity contribution in [2.75, 3.05) is 0 Å². The summed E-state index contributed by atoms with van der Waals surface area (Å²) in [6.07, 6.45) is -0.566. The SMILES string of the molecule is Brc1ccc(CN(I)I)cc1.Cn1ccn(Cc2cccc(C(F)(F)F)c2)[c]1=[Pt]. The first-order chi connectivity index (χ1) is 13.6. The molecule has 0 aliphatic rings. The molecule has 0 aliphatic heterocycles. The Bertz CT molecular complexity index is 985. The Balaban J connectivity index is 0.000000234. The monoisotopic (exact) mass is 872 g/mol. The van der Waals surface area contributed by atoms with Gasteiger partial charge in [0.25, 0.3) is 0 Å². The van der Waals surface area contributed by atoms with E-state index in [0.717, 1.165) is 20.9 Å². The number of nitrogens with zero attached hydrogens (tertiary/aromatic N) is 3. The Kier molecular flexibility index (Phi) is 10.1. The van der Waals surface area contributed by atoms with Gasteiger partial charge in [0.15, 0.2) is 0 Å². The van der Waals surface area contributed by atoms with Crippen LogP contribution >= 0.6 is 61.7 Å². The molecule has 1 aromatic heterocycles. The molecule has 0 saturated carbocycles. The summed E-state index contributed by atoms with van der Waals surface area (Å²) < 4.78 is 45.7. The topological polar surface area (TPSA) is 13.1 Å². The molecule has 29 heavy (non-hydrogen) atoms. The predicted octanol–water partition coefficient (Wildman–Crippen LogP) is 6.92. The fourth-order valence-electron chi connectivity index (χ4n) is 2.38. The van der Waals surface area contributed by atoms with E-state index in [4.69, 9.17) is 0 Å². The van der Waals surface area contributed by atoms with E-state index < -0.39 is 11.7 Å². The summed E-state index contributed by atoms with van der Waals surface area (Å²) in [6.45, 7) is 1.41. The summed E-state index contributed by atoms with van der Waals surface area (Å²) in [4.78, 5) is 0. The Morgan fingerprint density at radius 1 is 1.03 bits per heavy atom. The number of hydrogen-bond acceptors (Lipinski definition) is 1. The van der Waals surface area contributed by atoms with E-state index >= 15 is 0 Å². The van der Waals surface area contributed by atoms with Crippen LogP contribution in [0.5, 0.6) is 0 Å². The maximum absolute atomic E-state index is 12.6. The average molecular weight is 873 g/mol. The molecule has 160 valence electrons. The number of imidazole rings is 1. The van der Waals surface area contributed by atoms with Gasteiger partial charge in [-0.2, -0.15) is 1.33 Å². The molecule has 0 atom stereocenters. The zero-order valence-corrected chi connectivity index (χ0v) is 23.3. The number of benzene rings is 2. The van der Waals surface area contributed by atoms with Gasteiger partial charge in [-0.3, -0.25) is 0 Å². The predicted molar refractivity (Wildman–Crippen MR) is 125 cm³/mol. The Labute approximate surface area is 214 Å². The summed E-state index contributed by atoms with van der Waals surface area (Å²) in [5, 5.41) is 0. The molecular weight excluding hydrogens is 856 g/mol.